The van der Waals surface area contributed by atoms with Gasteiger partial charge in [-0.25, -0.2) is 4.79 Å². The van der Waals surface area contributed by atoms with Crippen LogP contribution in [0.3, 0.4) is 0 Å². The number of esters is 1. The summed E-state index contributed by atoms with van der Waals surface area (Å²) < 4.78 is 10.3. The molecule has 1 atom stereocenters. The second kappa shape index (κ2) is 6.52. The lowest BCUT2D eigenvalue weighted by atomic mass is 9.98. The number of amides is 1. The number of carbonyl (C=O) groups excluding carboxylic acids is 2. The summed E-state index contributed by atoms with van der Waals surface area (Å²) in [7, 11) is 1.60. The highest BCUT2D eigenvalue weighted by atomic mass is 16.5. The predicted molar refractivity (Wildman–Crippen MR) is 84.2 cm³/mol. The fraction of sp³-hybridized carbons (Fsp3) is 0.222. The minimum atomic E-state index is -0.782. The number of cyclic esters (lactones) is 1. The Balaban J connectivity index is 1.61. The van der Waals surface area contributed by atoms with E-state index >= 15 is 0 Å². The molecule has 0 aliphatic carbocycles. The highest BCUT2D eigenvalue weighted by molar-refractivity contribution is 5.95. The average Bonchev–Trinajstić information content (AvgIpc) is 2.60. The molecule has 118 valence electrons. The summed E-state index contributed by atoms with van der Waals surface area (Å²) >= 11 is 0. The largest absolute Gasteiger partial charge is 0.497 e. The molecule has 0 saturated carbocycles. The van der Waals surface area contributed by atoms with Crippen molar-refractivity contribution < 1.29 is 19.1 Å². The van der Waals surface area contributed by atoms with Gasteiger partial charge in [0.25, 0.3) is 5.91 Å². The van der Waals surface area contributed by atoms with Gasteiger partial charge in [-0.05, 0) is 29.3 Å². The van der Waals surface area contributed by atoms with Gasteiger partial charge >= 0.3 is 5.97 Å². The van der Waals surface area contributed by atoms with Crippen LogP contribution in [-0.4, -0.2) is 25.1 Å². The molecule has 0 radical (unpaired) electrons. The Bertz CT molecular complexity index is 724. The third-order valence-corrected chi connectivity index (χ3v) is 3.81. The summed E-state index contributed by atoms with van der Waals surface area (Å²) in [5.74, 6) is 0.0259. The van der Waals surface area contributed by atoms with Crippen molar-refractivity contribution in [3.8, 4) is 5.75 Å². The zero-order valence-corrected chi connectivity index (χ0v) is 12.7. The smallest absolute Gasteiger partial charge is 0.339 e. The Morgan fingerprint density at radius 3 is 2.70 bits per heavy atom. The van der Waals surface area contributed by atoms with E-state index in [9.17, 15) is 9.59 Å². The molecule has 0 saturated heterocycles. The molecule has 23 heavy (non-hydrogen) atoms. The van der Waals surface area contributed by atoms with Gasteiger partial charge in [0, 0.05) is 13.0 Å². The van der Waals surface area contributed by atoms with Gasteiger partial charge in [0.2, 0.25) is 0 Å². The van der Waals surface area contributed by atoms with Crippen molar-refractivity contribution in [3.05, 3.63) is 65.2 Å². The van der Waals surface area contributed by atoms with Crippen molar-refractivity contribution in [2.75, 3.05) is 7.11 Å². The molecule has 5 nitrogen and oxygen atoms in total. The first-order valence-electron chi connectivity index (χ1n) is 7.37. The first-order valence-corrected chi connectivity index (χ1v) is 7.37. The van der Waals surface area contributed by atoms with Crippen molar-refractivity contribution in [3.63, 3.8) is 0 Å². The minimum Gasteiger partial charge on any atom is -0.497 e. The fourth-order valence-electron chi connectivity index (χ4n) is 2.52. The zero-order chi connectivity index (χ0) is 16.2. The quantitative estimate of drug-likeness (QED) is 0.878. The van der Waals surface area contributed by atoms with Crippen LogP contribution >= 0.6 is 0 Å². The number of nitrogens with one attached hydrogen (secondary N) is 1. The summed E-state index contributed by atoms with van der Waals surface area (Å²) in [4.78, 5) is 24.2. The van der Waals surface area contributed by atoms with E-state index in [-0.39, 0.29) is 5.91 Å². The highest BCUT2D eigenvalue weighted by Crippen LogP contribution is 2.20. The Labute approximate surface area is 134 Å². The molecule has 0 fully saturated rings. The summed E-state index contributed by atoms with van der Waals surface area (Å²) in [6.45, 7) is 0.374. The zero-order valence-electron chi connectivity index (χ0n) is 12.7. The second-order valence-corrected chi connectivity index (χ2v) is 5.32. The number of hydrogen-bond donors (Lipinski definition) is 1. The first kappa shape index (κ1) is 15.1. The molecule has 0 aromatic heterocycles. The molecule has 1 aliphatic rings. The molecule has 1 aliphatic heterocycles. The maximum absolute atomic E-state index is 12.2. The third kappa shape index (κ3) is 3.34. The fourth-order valence-corrected chi connectivity index (χ4v) is 2.52. The van der Waals surface area contributed by atoms with Crippen LogP contribution in [0.5, 0.6) is 5.75 Å². The summed E-state index contributed by atoms with van der Waals surface area (Å²) in [6.07, 6.45) is -0.383. The maximum atomic E-state index is 12.2. The molecule has 0 spiro atoms. The number of rotatable bonds is 4. The van der Waals surface area contributed by atoms with Crippen LogP contribution in [0.1, 0.15) is 21.5 Å². The summed E-state index contributed by atoms with van der Waals surface area (Å²) in [5.41, 5.74) is 2.32. The maximum Gasteiger partial charge on any atom is 0.339 e. The van der Waals surface area contributed by atoms with Crippen LogP contribution in [0.2, 0.25) is 0 Å². The molecular formula is C18H17NO4. The van der Waals surface area contributed by atoms with Crippen LogP contribution in [0.25, 0.3) is 0 Å². The molecule has 0 bridgehead atoms. The molecule has 1 heterocycles. The topological polar surface area (TPSA) is 64.6 Å². The summed E-state index contributed by atoms with van der Waals surface area (Å²) in [6, 6.07) is 14.6. The highest BCUT2D eigenvalue weighted by Gasteiger charge is 2.30. The lowest BCUT2D eigenvalue weighted by Gasteiger charge is -2.23. The minimum absolute atomic E-state index is 0.288. The van der Waals surface area contributed by atoms with E-state index in [0.29, 0.717) is 18.5 Å². The average molecular weight is 311 g/mol. The molecule has 2 aromatic carbocycles. The van der Waals surface area contributed by atoms with Crippen LogP contribution in [0.4, 0.5) is 0 Å². The number of methoxy groups -OCH3 is 1. The lowest BCUT2D eigenvalue weighted by Crippen LogP contribution is -2.41. The molecule has 5 heteroatoms. The van der Waals surface area contributed by atoms with Gasteiger partial charge in [-0.1, -0.05) is 30.3 Å². The molecule has 1 amide bonds. The number of carbonyl (C=O) groups is 2. The Morgan fingerprint density at radius 1 is 1.22 bits per heavy atom. The van der Waals surface area contributed by atoms with E-state index in [1.54, 1.807) is 19.2 Å². The van der Waals surface area contributed by atoms with Gasteiger partial charge in [-0.15, -0.1) is 0 Å². The van der Waals surface area contributed by atoms with Crippen molar-refractivity contribution in [2.24, 2.45) is 0 Å². The van der Waals surface area contributed by atoms with Crippen molar-refractivity contribution in [1.82, 2.24) is 5.32 Å². The van der Waals surface area contributed by atoms with Crippen LogP contribution in [0.15, 0.2) is 48.5 Å². The molecular weight excluding hydrogens is 294 g/mol. The van der Waals surface area contributed by atoms with E-state index in [0.717, 1.165) is 16.9 Å². The Morgan fingerprint density at radius 2 is 1.96 bits per heavy atom. The van der Waals surface area contributed by atoms with Gasteiger partial charge in [0.1, 0.15) is 5.75 Å². The van der Waals surface area contributed by atoms with Crippen molar-refractivity contribution in [2.45, 2.75) is 19.1 Å². The number of fused-ring (bicyclic) bond motifs is 1. The van der Waals surface area contributed by atoms with Crippen molar-refractivity contribution in [1.29, 1.82) is 0 Å². The molecule has 0 unspecified atom stereocenters. The van der Waals surface area contributed by atoms with E-state index < -0.39 is 12.1 Å². The molecule has 1 N–H and O–H groups in total. The second-order valence-electron chi connectivity index (χ2n) is 5.32. The van der Waals surface area contributed by atoms with Crippen LogP contribution < -0.4 is 10.1 Å². The van der Waals surface area contributed by atoms with Crippen LogP contribution in [-0.2, 0) is 22.5 Å². The first-order chi connectivity index (χ1) is 11.2. The van der Waals surface area contributed by atoms with Crippen molar-refractivity contribution >= 4 is 11.9 Å². The summed E-state index contributed by atoms with van der Waals surface area (Å²) in [5, 5.41) is 2.80. The molecule has 2 aromatic rings. The number of hydrogen-bond acceptors (Lipinski definition) is 4. The lowest BCUT2D eigenvalue weighted by molar-refractivity contribution is -0.130. The number of benzene rings is 2. The third-order valence-electron chi connectivity index (χ3n) is 3.81. The van der Waals surface area contributed by atoms with Gasteiger partial charge in [0.15, 0.2) is 6.10 Å². The van der Waals surface area contributed by atoms with Gasteiger partial charge in [0.05, 0.1) is 12.7 Å². The standard InChI is InChI=1S/C18H17NO4/c1-22-14-8-6-12(7-9-14)11-19-17(20)16-10-13-4-2-3-5-15(13)18(21)23-16/h2-9,16H,10-11H2,1H3,(H,19,20)/t16-/m1/s1. The van der Waals surface area contributed by atoms with Gasteiger partial charge in [-0.3, -0.25) is 4.79 Å². The van der Waals surface area contributed by atoms with E-state index in [1.165, 1.54) is 0 Å². The Kier molecular flexibility index (Phi) is 4.28. The SMILES string of the molecule is COc1ccc(CNC(=O)[C@H]2Cc3ccccc3C(=O)O2)cc1. The van der Waals surface area contributed by atoms with E-state index in [1.807, 2.05) is 36.4 Å². The van der Waals surface area contributed by atoms with Crippen LogP contribution in [0, 0.1) is 0 Å². The normalized spacial score (nSPS) is 16.2. The van der Waals surface area contributed by atoms with Gasteiger partial charge in [-0.2, -0.15) is 0 Å². The monoisotopic (exact) mass is 311 g/mol. The van der Waals surface area contributed by atoms with E-state index in [2.05, 4.69) is 5.32 Å². The van der Waals surface area contributed by atoms with E-state index in [4.69, 9.17) is 9.47 Å². The predicted octanol–water partition coefficient (Wildman–Crippen LogP) is 2.09. The molecule has 3 rings (SSSR count). The van der Waals surface area contributed by atoms with Gasteiger partial charge < -0.3 is 14.8 Å². The Hall–Kier alpha value is -2.82. The number of ether oxygens (including phenoxy) is 2.